The van der Waals surface area contributed by atoms with E-state index < -0.39 is 5.97 Å². The first kappa shape index (κ1) is 13.3. The number of ether oxygens (including phenoxy) is 1. The molecule has 0 atom stereocenters. The van der Waals surface area contributed by atoms with Crippen LogP contribution in [0.3, 0.4) is 0 Å². The highest BCUT2D eigenvalue weighted by atomic mass is 16.5. The first-order valence-corrected chi connectivity index (χ1v) is 5.62. The van der Waals surface area contributed by atoms with Crippen LogP contribution in [-0.2, 0) is 4.79 Å². The van der Waals surface area contributed by atoms with Gasteiger partial charge >= 0.3 is 5.97 Å². The Morgan fingerprint density at radius 3 is 2.65 bits per heavy atom. The molecule has 3 nitrogen and oxygen atoms in total. The molecule has 0 fully saturated rings. The minimum Gasteiger partial charge on any atom is -0.489 e. The van der Waals surface area contributed by atoms with Crippen molar-refractivity contribution in [3.05, 3.63) is 41.5 Å². The minimum atomic E-state index is -0.941. The van der Waals surface area contributed by atoms with Crippen molar-refractivity contribution in [3.63, 3.8) is 0 Å². The molecule has 17 heavy (non-hydrogen) atoms. The summed E-state index contributed by atoms with van der Waals surface area (Å²) in [4.78, 5) is 10.5. The van der Waals surface area contributed by atoms with E-state index >= 15 is 0 Å². The maximum absolute atomic E-state index is 10.5. The molecule has 0 unspecified atom stereocenters. The van der Waals surface area contributed by atoms with Crippen LogP contribution in [0.2, 0.25) is 0 Å². The lowest BCUT2D eigenvalue weighted by Gasteiger charge is -2.13. The van der Waals surface area contributed by atoms with E-state index in [9.17, 15) is 4.79 Å². The van der Waals surface area contributed by atoms with Crippen molar-refractivity contribution in [2.45, 2.75) is 26.7 Å². The highest BCUT2D eigenvalue weighted by Gasteiger charge is 2.06. The van der Waals surface area contributed by atoms with Crippen LogP contribution in [0.25, 0.3) is 0 Å². The van der Waals surface area contributed by atoms with Crippen LogP contribution in [0.1, 0.15) is 32.3 Å². The normalized spacial score (nSPS) is 11.6. The van der Waals surface area contributed by atoms with Gasteiger partial charge in [-0.05, 0) is 30.0 Å². The molecular formula is C14H18O3. The number of para-hydroxylation sites is 1. The van der Waals surface area contributed by atoms with Crippen molar-refractivity contribution in [1.29, 1.82) is 0 Å². The summed E-state index contributed by atoms with van der Waals surface area (Å²) in [7, 11) is 0. The van der Waals surface area contributed by atoms with Gasteiger partial charge in [-0.15, -0.1) is 0 Å². The molecule has 0 radical (unpaired) electrons. The molecule has 0 aromatic heterocycles. The summed E-state index contributed by atoms with van der Waals surface area (Å²) in [6, 6.07) is 7.82. The van der Waals surface area contributed by atoms with Crippen molar-refractivity contribution < 1.29 is 14.6 Å². The molecule has 0 heterocycles. The van der Waals surface area contributed by atoms with Crippen LogP contribution in [0, 0.1) is 0 Å². The van der Waals surface area contributed by atoms with Crippen LogP contribution in [-0.4, -0.2) is 17.7 Å². The van der Waals surface area contributed by atoms with Gasteiger partial charge in [0.15, 0.2) is 0 Å². The van der Waals surface area contributed by atoms with E-state index in [4.69, 9.17) is 9.84 Å². The van der Waals surface area contributed by atoms with Crippen molar-refractivity contribution >= 4 is 5.97 Å². The fraction of sp³-hybridized carbons (Fsp3) is 0.357. The van der Waals surface area contributed by atoms with E-state index in [1.807, 2.05) is 24.3 Å². The second kappa shape index (κ2) is 6.09. The van der Waals surface area contributed by atoms with Gasteiger partial charge in [0.1, 0.15) is 12.4 Å². The molecule has 0 aliphatic heterocycles. The Hall–Kier alpha value is -1.77. The fourth-order valence-electron chi connectivity index (χ4n) is 1.53. The molecule has 1 aromatic rings. The molecule has 0 aliphatic rings. The number of carboxylic acids is 1. The summed E-state index contributed by atoms with van der Waals surface area (Å²) in [5, 5.41) is 8.59. The Bertz CT molecular complexity index is 419. The van der Waals surface area contributed by atoms with Crippen LogP contribution in [0.5, 0.6) is 5.75 Å². The molecule has 0 saturated heterocycles. The molecule has 1 aromatic carbocycles. The molecule has 0 amide bonds. The Kier molecular flexibility index (Phi) is 4.76. The van der Waals surface area contributed by atoms with Gasteiger partial charge < -0.3 is 9.84 Å². The summed E-state index contributed by atoms with van der Waals surface area (Å²) in [5.74, 6) is 0.263. The molecule has 92 valence electrons. The molecule has 0 bridgehead atoms. The average molecular weight is 234 g/mol. The van der Waals surface area contributed by atoms with Gasteiger partial charge in [0.25, 0.3) is 0 Å². The maximum Gasteiger partial charge on any atom is 0.328 e. The van der Waals surface area contributed by atoms with Crippen LogP contribution in [0.15, 0.2) is 35.9 Å². The SMILES string of the molecule is C/C(=C\C(=O)O)COc1ccccc1C(C)C. The first-order chi connectivity index (χ1) is 8.00. The summed E-state index contributed by atoms with van der Waals surface area (Å²) >= 11 is 0. The second-order valence-electron chi connectivity index (χ2n) is 4.31. The van der Waals surface area contributed by atoms with E-state index in [0.717, 1.165) is 17.4 Å². The van der Waals surface area contributed by atoms with Gasteiger partial charge in [-0.1, -0.05) is 32.0 Å². The molecule has 0 saturated carbocycles. The largest absolute Gasteiger partial charge is 0.489 e. The summed E-state index contributed by atoms with van der Waals surface area (Å²) in [6.07, 6.45) is 1.16. The van der Waals surface area contributed by atoms with Crippen LogP contribution >= 0.6 is 0 Å². The number of carbonyl (C=O) groups is 1. The van der Waals surface area contributed by atoms with Crippen molar-refractivity contribution in [2.24, 2.45) is 0 Å². The zero-order valence-corrected chi connectivity index (χ0v) is 10.4. The van der Waals surface area contributed by atoms with Gasteiger partial charge in [0.05, 0.1) is 0 Å². The highest BCUT2D eigenvalue weighted by Crippen LogP contribution is 2.26. The number of rotatable bonds is 5. The van der Waals surface area contributed by atoms with Gasteiger partial charge in [-0.3, -0.25) is 0 Å². The third kappa shape index (κ3) is 4.31. The van der Waals surface area contributed by atoms with Gasteiger partial charge in [0, 0.05) is 6.08 Å². The Morgan fingerprint density at radius 1 is 1.41 bits per heavy atom. The third-order valence-electron chi connectivity index (χ3n) is 2.37. The minimum absolute atomic E-state index is 0.302. The molecule has 3 heteroatoms. The monoisotopic (exact) mass is 234 g/mol. The number of aliphatic carboxylic acids is 1. The van der Waals surface area contributed by atoms with E-state index in [1.54, 1.807) is 6.92 Å². The lowest BCUT2D eigenvalue weighted by atomic mass is 10.0. The number of benzene rings is 1. The van der Waals surface area contributed by atoms with Crippen molar-refractivity contribution in [3.8, 4) is 5.75 Å². The fourth-order valence-corrected chi connectivity index (χ4v) is 1.53. The Labute approximate surface area is 102 Å². The zero-order valence-electron chi connectivity index (χ0n) is 10.4. The average Bonchev–Trinajstić information content (AvgIpc) is 2.25. The standard InChI is InChI=1S/C14H18O3/c1-10(2)12-6-4-5-7-13(12)17-9-11(3)8-14(15)16/h4-8,10H,9H2,1-3H3,(H,15,16)/b11-8+. The maximum atomic E-state index is 10.5. The van der Waals surface area contributed by atoms with E-state index in [-0.39, 0.29) is 0 Å². The van der Waals surface area contributed by atoms with Crippen LogP contribution in [0.4, 0.5) is 0 Å². The predicted molar refractivity (Wildman–Crippen MR) is 67.4 cm³/mol. The first-order valence-electron chi connectivity index (χ1n) is 5.62. The summed E-state index contributed by atoms with van der Waals surface area (Å²) < 4.78 is 5.63. The van der Waals surface area contributed by atoms with Crippen molar-refractivity contribution in [1.82, 2.24) is 0 Å². The summed E-state index contributed by atoms with van der Waals surface area (Å²) in [6.45, 7) is 6.24. The lowest BCUT2D eigenvalue weighted by Crippen LogP contribution is -2.03. The van der Waals surface area contributed by atoms with Gasteiger partial charge in [-0.2, -0.15) is 0 Å². The van der Waals surface area contributed by atoms with Crippen LogP contribution < -0.4 is 4.74 Å². The smallest absolute Gasteiger partial charge is 0.328 e. The molecule has 1 N–H and O–H groups in total. The Morgan fingerprint density at radius 2 is 2.06 bits per heavy atom. The summed E-state index contributed by atoms with van der Waals surface area (Å²) in [5.41, 5.74) is 1.83. The third-order valence-corrected chi connectivity index (χ3v) is 2.37. The van der Waals surface area contributed by atoms with Crippen molar-refractivity contribution in [2.75, 3.05) is 6.61 Å². The topological polar surface area (TPSA) is 46.5 Å². The quantitative estimate of drug-likeness (QED) is 0.796. The van der Waals surface area contributed by atoms with E-state index in [1.165, 1.54) is 0 Å². The highest BCUT2D eigenvalue weighted by molar-refractivity contribution is 5.80. The lowest BCUT2D eigenvalue weighted by molar-refractivity contribution is -0.131. The van der Waals surface area contributed by atoms with Gasteiger partial charge in [-0.25, -0.2) is 4.79 Å². The second-order valence-corrected chi connectivity index (χ2v) is 4.31. The predicted octanol–water partition coefficient (Wildman–Crippen LogP) is 3.22. The molecule has 0 spiro atoms. The van der Waals surface area contributed by atoms with E-state index in [2.05, 4.69) is 13.8 Å². The molecule has 0 aliphatic carbocycles. The molecular weight excluding hydrogens is 216 g/mol. The number of hydrogen-bond donors (Lipinski definition) is 1. The number of hydrogen-bond acceptors (Lipinski definition) is 2. The Balaban J connectivity index is 2.73. The molecule has 1 rings (SSSR count). The van der Waals surface area contributed by atoms with Gasteiger partial charge in [0.2, 0.25) is 0 Å². The van der Waals surface area contributed by atoms with E-state index in [0.29, 0.717) is 18.1 Å². The zero-order chi connectivity index (χ0) is 12.8. The number of carboxylic acid groups (broad SMARTS) is 1.